The second kappa shape index (κ2) is 5.57. The van der Waals surface area contributed by atoms with E-state index in [1.807, 2.05) is 0 Å². The molecule has 104 valence electrons. The predicted molar refractivity (Wildman–Crippen MR) is 72.1 cm³/mol. The monoisotopic (exact) mass is 266 g/mol. The Balaban J connectivity index is 2.04. The molecule has 1 fully saturated rings. The number of rotatable bonds is 4. The molecule has 0 aliphatic carbocycles. The van der Waals surface area contributed by atoms with Gasteiger partial charge in [-0.05, 0) is 38.5 Å². The van der Waals surface area contributed by atoms with Crippen molar-refractivity contribution in [2.24, 2.45) is 0 Å². The van der Waals surface area contributed by atoms with Crippen LogP contribution in [0.2, 0.25) is 0 Å². The lowest BCUT2D eigenvalue weighted by Gasteiger charge is -2.21. The maximum atomic E-state index is 13.3. The summed E-state index contributed by atoms with van der Waals surface area (Å²) < 4.78 is 13.3. The molecule has 2 rings (SSSR count). The minimum absolute atomic E-state index is 0.287. The molecular weight excluding hydrogens is 247 g/mol. The van der Waals surface area contributed by atoms with Gasteiger partial charge in [0.25, 0.3) is 0 Å². The molecule has 0 radical (unpaired) electrons. The van der Waals surface area contributed by atoms with Crippen molar-refractivity contribution in [1.82, 2.24) is 4.90 Å². The largest absolute Gasteiger partial charge is 0.478 e. The van der Waals surface area contributed by atoms with Gasteiger partial charge in [-0.2, -0.15) is 0 Å². The van der Waals surface area contributed by atoms with Crippen molar-refractivity contribution < 1.29 is 14.3 Å². The maximum absolute atomic E-state index is 13.3. The number of carboxylic acid groups (broad SMARTS) is 1. The average Bonchev–Trinajstić information content (AvgIpc) is 2.80. The zero-order chi connectivity index (χ0) is 14.0. The Morgan fingerprint density at radius 2 is 2.26 bits per heavy atom. The number of halogens is 1. The second-order valence-corrected chi connectivity index (χ2v) is 5.22. The number of carbonyl (C=O) groups is 1. The molecule has 1 saturated heterocycles. The minimum atomic E-state index is -1.24. The molecule has 1 unspecified atom stereocenters. The third-order valence-electron chi connectivity index (χ3n) is 3.52. The molecule has 0 bridgehead atoms. The molecular formula is C14H19FN2O2. The molecule has 1 heterocycles. The van der Waals surface area contributed by atoms with Gasteiger partial charge in [0, 0.05) is 30.9 Å². The second-order valence-electron chi connectivity index (χ2n) is 5.22. The first kappa shape index (κ1) is 13.8. The van der Waals surface area contributed by atoms with Crippen LogP contribution in [0.1, 0.15) is 30.6 Å². The van der Waals surface area contributed by atoms with Crippen molar-refractivity contribution in [2.75, 3.05) is 18.4 Å². The zero-order valence-electron chi connectivity index (χ0n) is 11.2. The first-order valence-electron chi connectivity index (χ1n) is 6.51. The summed E-state index contributed by atoms with van der Waals surface area (Å²) in [7, 11) is 0. The van der Waals surface area contributed by atoms with E-state index in [9.17, 15) is 9.18 Å². The molecule has 4 nitrogen and oxygen atoms in total. The highest BCUT2D eigenvalue weighted by atomic mass is 19.1. The molecule has 0 saturated carbocycles. The van der Waals surface area contributed by atoms with Gasteiger partial charge in [0.1, 0.15) is 5.82 Å². The van der Waals surface area contributed by atoms with Crippen molar-refractivity contribution in [3.63, 3.8) is 0 Å². The van der Waals surface area contributed by atoms with E-state index in [0.717, 1.165) is 19.5 Å². The first-order valence-corrected chi connectivity index (χ1v) is 6.51. The van der Waals surface area contributed by atoms with Crippen LogP contribution >= 0.6 is 0 Å². The molecule has 1 aromatic carbocycles. The normalized spacial score (nSPS) is 19.9. The van der Waals surface area contributed by atoms with Crippen LogP contribution in [0.3, 0.4) is 0 Å². The molecule has 1 aromatic rings. The van der Waals surface area contributed by atoms with E-state index in [4.69, 9.17) is 5.11 Å². The van der Waals surface area contributed by atoms with Crippen LogP contribution in [0.25, 0.3) is 0 Å². The zero-order valence-corrected chi connectivity index (χ0v) is 11.2. The van der Waals surface area contributed by atoms with Gasteiger partial charge in [0.15, 0.2) is 0 Å². The third kappa shape index (κ3) is 3.23. The van der Waals surface area contributed by atoms with Crippen LogP contribution in [0.15, 0.2) is 18.2 Å². The lowest BCUT2D eigenvalue weighted by molar-refractivity contribution is 0.0692. The number of benzene rings is 1. The third-order valence-corrected chi connectivity index (χ3v) is 3.52. The number of likely N-dealkylation sites (tertiary alicyclic amines) is 1. The summed E-state index contributed by atoms with van der Waals surface area (Å²) in [5.41, 5.74) is 0.373. The van der Waals surface area contributed by atoms with Crippen molar-refractivity contribution in [2.45, 2.75) is 32.4 Å². The first-order chi connectivity index (χ1) is 8.97. The van der Waals surface area contributed by atoms with Gasteiger partial charge in [0.2, 0.25) is 0 Å². The number of hydrogen-bond donors (Lipinski definition) is 2. The SMILES string of the molecule is CC(C)N1CCC(Nc2ccc(F)c(C(=O)O)c2)C1. The van der Waals surface area contributed by atoms with Gasteiger partial charge in [-0.25, -0.2) is 9.18 Å². The van der Waals surface area contributed by atoms with Crippen LogP contribution in [-0.2, 0) is 0 Å². The number of carboxylic acids is 1. The Morgan fingerprint density at radius 3 is 2.84 bits per heavy atom. The van der Waals surface area contributed by atoms with Crippen molar-refractivity contribution in [3.05, 3.63) is 29.6 Å². The Hall–Kier alpha value is -1.62. The van der Waals surface area contributed by atoms with Crippen LogP contribution in [-0.4, -0.2) is 41.1 Å². The summed E-state index contributed by atoms with van der Waals surface area (Å²) >= 11 is 0. The molecule has 1 aliphatic heterocycles. The van der Waals surface area contributed by atoms with Crippen LogP contribution in [0.4, 0.5) is 10.1 Å². The van der Waals surface area contributed by atoms with Gasteiger partial charge >= 0.3 is 5.97 Å². The smallest absolute Gasteiger partial charge is 0.338 e. The van der Waals surface area contributed by atoms with Gasteiger partial charge in [-0.3, -0.25) is 4.90 Å². The molecule has 1 atom stereocenters. The minimum Gasteiger partial charge on any atom is -0.478 e. The summed E-state index contributed by atoms with van der Waals surface area (Å²) in [6.07, 6.45) is 1.01. The molecule has 5 heteroatoms. The quantitative estimate of drug-likeness (QED) is 0.878. The van der Waals surface area contributed by atoms with Gasteiger partial charge in [0.05, 0.1) is 5.56 Å². The highest BCUT2D eigenvalue weighted by Crippen LogP contribution is 2.20. The maximum Gasteiger partial charge on any atom is 0.338 e. The molecule has 1 aliphatic rings. The van der Waals surface area contributed by atoms with Gasteiger partial charge in [-0.1, -0.05) is 0 Å². The lowest BCUT2D eigenvalue weighted by atomic mass is 10.1. The Morgan fingerprint density at radius 1 is 1.53 bits per heavy atom. The van der Waals surface area contributed by atoms with Crippen molar-refractivity contribution in [3.8, 4) is 0 Å². The number of aromatic carboxylic acids is 1. The number of hydrogen-bond acceptors (Lipinski definition) is 3. The van der Waals surface area contributed by atoms with E-state index in [1.54, 1.807) is 6.07 Å². The molecule has 0 amide bonds. The average molecular weight is 266 g/mol. The van der Waals surface area contributed by atoms with Crippen LogP contribution in [0, 0.1) is 5.82 Å². The van der Waals surface area contributed by atoms with E-state index in [-0.39, 0.29) is 11.6 Å². The summed E-state index contributed by atoms with van der Waals surface area (Å²) in [4.78, 5) is 13.2. The van der Waals surface area contributed by atoms with Crippen molar-refractivity contribution in [1.29, 1.82) is 0 Å². The van der Waals surface area contributed by atoms with E-state index < -0.39 is 11.8 Å². The Kier molecular flexibility index (Phi) is 4.04. The van der Waals surface area contributed by atoms with Crippen molar-refractivity contribution >= 4 is 11.7 Å². The molecule has 0 aromatic heterocycles. The van der Waals surface area contributed by atoms with E-state index >= 15 is 0 Å². The van der Waals surface area contributed by atoms with E-state index in [0.29, 0.717) is 11.7 Å². The Labute approximate surface area is 112 Å². The topological polar surface area (TPSA) is 52.6 Å². The fraction of sp³-hybridized carbons (Fsp3) is 0.500. The fourth-order valence-electron chi connectivity index (χ4n) is 2.39. The standard InChI is InChI=1S/C14H19FN2O2/c1-9(2)17-6-5-11(8-17)16-10-3-4-13(15)12(7-10)14(18)19/h3-4,7,9,11,16H,5-6,8H2,1-2H3,(H,18,19). The number of nitrogens with zero attached hydrogens (tertiary/aromatic N) is 1. The van der Waals surface area contributed by atoms with Gasteiger partial charge in [-0.15, -0.1) is 0 Å². The van der Waals surface area contributed by atoms with Gasteiger partial charge < -0.3 is 10.4 Å². The highest BCUT2D eigenvalue weighted by Gasteiger charge is 2.24. The molecule has 2 N–H and O–H groups in total. The summed E-state index contributed by atoms with van der Waals surface area (Å²) in [5, 5.41) is 12.2. The predicted octanol–water partition coefficient (Wildman–Crippen LogP) is 2.42. The lowest BCUT2D eigenvalue weighted by Crippen LogP contribution is -2.31. The van der Waals surface area contributed by atoms with Crippen LogP contribution in [0.5, 0.6) is 0 Å². The molecule has 0 spiro atoms. The summed E-state index contributed by atoms with van der Waals surface area (Å²) in [5.74, 6) is -1.94. The Bertz CT molecular complexity index is 477. The molecule has 19 heavy (non-hydrogen) atoms. The number of nitrogens with one attached hydrogen (secondary N) is 1. The fourth-order valence-corrected chi connectivity index (χ4v) is 2.39. The van der Waals surface area contributed by atoms with Crippen LogP contribution < -0.4 is 5.32 Å². The number of anilines is 1. The van der Waals surface area contributed by atoms with E-state index in [1.165, 1.54) is 12.1 Å². The summed E-state index contributed by atoms with van der Waals surface area (Å²) in [6, 6.07) is 4.93. The highest BCUT2D eigenvalue weighted by molar-refractivity contribution is 5.89. The van der Waals surface area contributed by atoms with E-state index in [2.05, 4.69) is 24.1 Å². The summed E-state index contributed by atoms with van der Waals surface area (Å²) in [6.45, 7) is 6.27.